The van der Waals surface area contributed by atoms with Crippen LogP contribution in [-0.2, 0) is 36.8 Å². The van der Waals surface area contributed by atoms with E-state index < -0.39 is 0 Å². The average Bonchev–Trinajstić information content (AvgIpc) is 0. The van der Waals surface area contributed by atoms with Gasteiger partial charge < -0.3 is 0 Å². The van der Waals surface area contributed by atoms with E-state index in [1.54, 1.807) is 0 Å². The van der Waals surface area contributed by atoms with Crippen molar-refractivity contribution in [3.8, 4) is 0 Å². The van der Waals surface area contributed by atoms with Crippen molar-refractivity contribution in [3.63, 3.8) is 0 Å². The van der Waals surface area contributed by atoms with Crippen LogP contribution in [0.1, 0.15) is 0 Å². The number of hydrogen-bond acceptors (Lipinski definition) is 0. The minimum Gasteiger partial charge on any atom is 0 e. The van der Waals surface area contributed by atoms with Gasteiger partial charge in [-0.15, -0.1) is 0 Å². The van der Waals surface area contributed by atoms with Gasteiger partial charge in [-0.25, -0.2) is 0 Å². The van der Waals surface area contributed by atoms with Crippen molar-refractivity contribution < 1.29 is 36.8 Å². The molecule has 0 aliphatic carbocycles. The first-order valence-electron chi connectivity index (χ1n) is 0. The fourth-order valence-corrected chi connectivity index (χ4v) is 0. The normalized spacial score (nSPS) is 0. The van der Waals surface area contributed by atoms with Gasteiger partial charge in [-0.3, -0.25) is 0 Å². The molecule has 0 spiro atoms. The van der Waals surface area contributed by atoms with E-state index in [4.69, 9.17) is 0 Å². The number of rotatable bonds is 0. The van der Waals surface area contributed by atoms with Gasteiger partial charge in [0.15, 0.2) is 17.4 Å². The van der Waals surface area contributed by atoms with Crippen LogP contribution in [0.3, 0.4) is 0 Å². The molecule has 0 aromatic carbocycles. The van der Waals surface area contributed by atoms with E-state index in [-0.39, 0.29) is 62.6 Å². The third-order valence-corrected chi connectivity index (χ3v) is 0. The molecule has 4 heteroatoms. The van der Waals surface area contributed by atoms with Gasteiger partial charge in [0.2, 0.25) is 0 Å². The van der Waals surface area contributed by atoms with E-state index in [0.29, 0.717) is 0 Å². The van der Waals surface area contributed by atoms with Crippen molar-refractivity contribution in [1.29, 1.82) is 0 Å². The zero-order valence-corrected chi connectivity index (χ0v) is 5.36. The summed E-state index contributed by atoms with van der Waals surface area (Å²) in [6.07, 6.45) is 0. The Hall–Kier alpha value is 1.75. The molecule has 0 radical (unpaired) electrons. The molecule has 0 fully saturated rings. The SMILES string of the molecule is B.[AlH3].[Cr].[Zn]. The van der Waals surface area contributed by atoms with E-state index in [1.165, 1.54) is 0 Å². The van der Waals surface area contributed by atoms with E-state index in [0.717, 1.165) is 0 Å². The second kappa shape index (κ2) is 21.8. The molecular formula is H6AlBCrZn. The quantitative estimate of drug-likeness (QED) is 0.348. The molecule has 0 aliphatic rings. The van der Waals surface area contributed by atoms with Crippen LogP contribution in [0.2, 0.25) is 0 Å². The monoisotopic (exact) mass is 160 g/mol. The predicted molar refractivity (Wildman–Crippen MR) is 19.9 cm³/mol. The molecule has 4 heavy (non-hydrogen) atoms. The molecule has 0 amide bonds. The van der Waals surface area contributed by atoms with Crippen LogP contribution in [0.25, 0.3) is 0 Å². The molecule has 0 saturated carbocycles. The van der Waals surface area contributed by atoms with Gasteiger partial charge in [-0.2, -0.15) is 0 Å². The molecule has 0 unspecified atom stereocenters. The van der Waals surface area contributed by atoms with Crippen LogP contribution < -0.4 is 0 Å². The molecule has 0 nitrogen and oxygen atoms in total. The average molecular weight is 161 g/mol. The van der Waals surface area contributed by atoms with Crippen LogP contribution in [-0.4, -0.2) is 25.8 Å². The van der Waals surface area contributed by atoms with Gasteiger partial charge in [0.1, 0.15) is 0 Å². The maximum atomic E-state index is 0. The summed E-state index contributed by atoms with van der Waals surface area (Å²) in [6, 6.07) is 0. The largest absolute Gasteiger partial charge is 0.187 e. The second-order valence-electron chi connectivity index (χ2n) is 0. The van der Waals surface area contributed by atoms with E-state index >= 15 is 0 Å². The third-order valence-electron chi connectivity index (χ3n) is 0. The maximum Gasteiger partial charge on any atom is 0.187 e. The molecule has 0 aromatic heterocycles. The van der Waals surface area contributed by atoms with E-state index in [1.807, 2.05) is 0 Å². The Balaban J connectivity index is 0. The van der Waals surface area contributed by atoms with Crippen LogP contribution >= 0.6 is 0 Å². The zero-order valence-electron chi connectivity index (χ0n) is 1.12. The first-order valence-corrected chi connectivity index (χ1v) is 0. The van der Waals surface area contributed by atoms with Crippen molar-refractivity contribution in [2.24, 2.45) is 0 Å². The summed E-state index contributed by atoms with van der Waals surface area (Å²) in [7, 11) is 0. The molecule has 0 aliphatic heterocycles. The summed E-state index contributed by atoms with van der Waals surface area (Å²) in [4.78, 5) is 0. The van der Waals surface area contributed by atoms with Crippen molar-refractivity contribution >= 4 is 25.8 Å². The standard InChI is InChI=1S/Al.BH3.Cr.Zn.3H/h;1H3;;;;;. The van der Waals surface area contributed by atoms with Crippen molar-refractivity contribution in [3.05, 3.63) is 0 Å². The van der Waals surface area contributed by atoms with Crippen LogP contribution in [0, 0.1) is 0 Å². The van der Waals surface area contributed by atoms with Gasteiger partial charge in [0, 0.05) is 36.8 Å². The molecule has 0 aromatic rings. The fourth-order valence-electron chi connectivity index (χ4n) is 0. The zero-order chi connectivity index (χ0) is 0. The van der Waals surface area contributed by atoms with Crippen LogP contribution in [0.5, 0.6) is 0 Å². The molecule has 0 saturated heterocycles. The first-order chi connectivity index (χ1) is 0. The van der Waals surface area contributed by atoms with Gasteiger partial charge in [0.05, 0.1) is 8.41 Å². The smallest absolute Gasteiger partial charge is 0 e. The minimum absolute atomic E-state index is 0. The van der Waals surface area contributed by atoms with Gasteiger partial charge in [0.25, 0.3) is 0 Å². The Morgan fingerprint density at radius 1 is 1.00 bits per heavy atom. The molecule has 0 atom stereocenters. The maximum absolute atomic E-state index is 0. The Bertz CT molecular complexity index is 8.00. The van der Waals surface area contributed by atoms with Crippen molar-refractivity contribution in [2.75, 3.05) is 0 Å². The van der Waals surface area contributed by atoms with Gasteiger partial charge in [-0.05, 0) is 0 Å². The molecule has 0 N–H and O–H groups in total. The van der Waals surface area contributed by atoms with Crippen molar-refractivity contribution in [2.45, 2.75) is 0 Å². The Labute approximate surface area is 62.3 Å². The summed E-state index contributed by atoms with van der Waals surface area (Å²) < 4.78 is 0. The molecule has 0 rings (SSSR count). The topological polar surface area (TPSA) is 0 Å². The van der Waals surface area contributed by atoms with Crippen LogP contribution in [0.4, 0.5) is 0 Å². The first kappa shape index (κ1) is 42.3. The minimum atomic E-state index is 0. The van der Waals surface area contributed by atoms with E-state index in [2.05, 4.69) is 0 Å². The predicted octanol–water partition coefficient (Wildman–Crippen LogP) is -2.37. The molecule has 0 bridgehead atoms. The summed E-state index contributed by atoms with van der Waals surface area (Å²) in [6.45, 7) is 0. The molecule has 0 heterocycles. The molecule has 20 valence electrons. The van der Waals surface area contributed by atoms with Gasteiger partial charge in [-0.1, -0.05) is 0 Å². The van der Waals surface area contributed by atoms with Crippen LogP contribution in [0.15, 0.2) is 0 Å². The third kappa shape index (κ3) is 9.26. The summed E-state index contributed by atoms with van der Waals surface area (Å²) in [5, 5.41) is 0. The molecular weight excluding hydrogens is 155 g/mol. The Morgan fingerprint density at radius 3 is 1.00 bits per heavy atom. The van der Waals surface area contributed by atoms with E-state index in [9.17, 15) is 0 Å². The summed E-state index contributed by atoms with van der Waals surface area (Å²) in [5.41, 5.74) is 0. The fraction of sp³-hybridized carbons (Fsp3) is 0. The van der Waals surface area contributed by atoms with Gasteiger partial charge >= 0.3 is 0 Å². The second-order valence-corrected chi connectivity index (χ2v) is 0. The Morgan fingerprint density at radius 2 is 1.00 bits per heavy atom. The Kier molecular flexibility index (Phi) is 230. The summed E-state index contributed by atoms with van der Waals surface area (Å²) in [5.74, 6) is 0. The number of hydrogen-bond donors (Lipinski definition) is 0. The van der Waals surface area contributed by atoms with Crippen molar-refractivity contribution in [1.82, 2.24) is 0 Å². The summed E-state index contributed by atoms with van der Waals surface area (Å²) >= 11 is 0.